The van der Waals surface area contributed by atoms with E-state index in [1.807, 2.05) is 0 Å². The summed E-state index contributed by atoms with van der Waals surface area (Å²) in [5, 5.41) is 0. The number of oxazole rings is 1. The Hall–Kier alpha value is -2.57. The molecule has 0 radical (unpaired) electrons. The van der Waals surface area contributed by atoms with Crippen LogP contribution in [0.1, 0.15) is 36.0 Å². The number of hydrogen-bond acceptors (Lipinski definition) is 5. The Morgan fingerprint density at radius 2 is 1.88 bits per heavy atom. The third kappa shape index (κ3) is 3.20. The zero-order chi connectivity index (χ0) is 17.1. The zero-order valence-electron chi connectivity index (χ0n) is 13.6. The summed E-state index contributed by atoms with van der Waals surface area (Å²) in [5.74, 6) is -1.19. The molecule has 1 aromatic carbocycles. The van der Waals surface area contributed by atoms with Crippen LogP contribution in [0.4, 0.5) is 0 Å². The number of benzene rings is 1. The molecule has 7 heteroatoms. The zero-order valence-corrected chi connectivity index (χ0v) is 13.6. The van der Waals surface area contributed by atoms with Crippen molar-refractivity contribution in [3.05, 3.63) is 34.3 Å². The van der Waals surface area contributed by atoms with Gasteiger partial charge in [-0.1, -0.05) is 12.8 Å². The van der Waals surface area contributed by atoms with E-state index in [9.17, 15) is 14.4 Å². The maximum Gasteiger partial charge on any atom is 0.420 e. The fraction of sp³-hybridized carbons (Fsp3) is 0.471. The van der Waals surface area contributed by atoms with Crippen molar-refractivity contribution >= 4 is 23.0 Å². The van der Waals surface area contributed by atoms with Crippen LogP contribution < -0.4 is 5.76 Å². The second-order valence-electron chi connectivity index (χ2n) is 5.92. The van der Waals surface area contributed by atoms with Crippen LogP contribution in [0.3, 0.4) is 0 Å². The number of esters is 1. The van der Waals surface area contributed by atoms with E-state index in [2.05, 4.69) is 4.74 Å². The Morgan fingerprint density at radius 3 is 2.54 bits per heavy atom. The Kier molecular flexibility index (Phi) is 4.69. The third-order valence-electron chi connectivity index (χ3n) is 4.34. The average Bonchev–Trinajstić information content (AvgIpc) is 2.78. The molecule has 7 nitrogen and oxygen atoms in total. The van der Waals surface area contributed by atoms with Crippen molar-refractivity contribution in [2.45, 2.75) is 32.2 Å². The molecule has 2 aromatic rings. The molecule has 0 saturated carbocycles. The van der Waals surface area contributed by atoms with E-state index in [0.29, 0.717) is 11.1 Å². The minimum absolute atomic E-state index is 0.0522. The monoisotopic (exact) mass is 332 g/mol. The van der Waals surface area contributed by atoms with Gasteiger partial charge in [-0.3, -0.25) is 9.36 Å². The van der Waals surface area contributed by atoms with Gasteiger partial charge in [0.15, 0.2) is 5.58 Å². The molecule has 3 rings (SSSR count). The molecule has 0 N–H and O–H groups in total. The summed E-state index contributed by atoms with van der Waals surface area (Å²) in [6.07, 6.45) is 4.26. The Morgan fingerprint density at radius 1 is 1.17 bits per heavy atom. The van der Waals surface area contributed by atoms with E-state index in [-0.39, 0.29) is 18.0 Å². The molecule has 1 fully saturated rings. The number of carbonyl (C=O) groups excluding carboxylic acids is 2. The van der Waals surface area contributed by atoms with E-state index in [4.69, 9.17) is 4.42 Å². The molecule has 0 spiro atoms. The first kappa shape index (κ1) is 16.3. The molecule has 1 aliphatic rings. The summed E-state index contributed by atoms with van der Waals surface area (Å²) < 4.78 is 11.1. The lowest BCUT2D eigenvalue weighted by molar-refractivity contribution is -0.131. The number of ether oxygens (including phenoxy) is 1. The maximum atomic E-state index is 12.5. The van der Waals surface area contributed by atoms with Crippen LogP contribution in [0.15, 0.2) is 27.4 Å². The molecule has 1 aromatic heterocycles. The van der Waals surface area contributed by atoms with Crippen LogP contribution in [-0.4, -0.2) is 41.5 Å². The lowest BCUT2D eigenvalue weighted by atomic mass is 10.2. The molecule has 0 atom stereocenters. The molecule has 128 valence electrons. The van der Waals surface area contributed by atoms with E-state index < -0.39 is 11.7 Å². The summed E-state index contributed by atoms with van der Waals surface area (Å²) >= 11 is 0. The third-order valence-corrected chi connectivity index (χ3v) is 4.34. The highest BCUT2D eigenvalue weighted by Crippen LogP contribution is 2.17. The van der Waals surface area contributed by atoms with E-state index in [1.54, 1.807) is 17.0 Å². The van der Waals surface area contributed by atoms with Gasteiger partial charge in [-0.05, 0) is 31.0 Å². The number of hydrogen-bond donors (Lipinski definition) is 0. The second-order valence-corrected chi connectivity index (χ2v) is 5.92. The van der Waals surface area contributed by atoms with Crippen molar-refractivity contribution in [3.63, 3.8) is 0 Å². The van der Waals surface area contributed by atoms with Gasteiger partial charge in [0.25, 0.3) is 0 Å². The van der Waals surface area contributed by atoms with Crippen molar-refractivity contribution in [1.82, 2.24) is 9.47 Å². The van der Waals surface area contributed by atoms with Gasteiger partial charge in [-0.15, -0.1) is 0 Å². The van der Waals surface area contributed by atoms with Gasteiger partial charge in [0.05, 0.1) is 18.2 Å². The van der Waals surface area contributed by atoms with Crippen molar-refractivity contribution in [2.75, 3.05) is 20.2 Å². The lowest BCUT2D eigenvalue weighted by Gasteiger charge is -2.20. The van der Waals surface area contributed by atoms with Gasteiger partial charge < -0.3 is 14.1 Å². The van der Waals surface area contributed by atoms with Gasteiger partial charge >= 0.3 is 11.7 Å². The molecular weight excluding hydrogens is 312 g/mol. The highest BCUT2D eigenvalue weighted by atomic mass is 16.5. The number of amides is 1. The maximum absolute atomic E-state index is 12.5. The van der Waals surface area contributed by atoms with Crippen LogP contribution in [0.2, 0.25) is 0 Å². The Bertz CT molecular complexity index is 812. The van der Waals surface area contributed by atoms with Gasteiger partial charge in [0.2, 0.25) is 5.91 Å². The number of fused-ring (bicyclic) bond motifs is 1. The molecule has 1 saturated heterocycles. The number of methoxy groups -OCH3 is 1. The fourth-order valence-electron chi connectivity index (χ4n) is 3.02. The SMILES string of the molecule is COC(=O)c1ccc2c(c1)oc(=O)n2CC(=O)N1CCCCCC1. The van der Waals surface area contributed by atoms with Gasteiger partial charge in [0, 0.05) is 13.1 Å². The Balaban J connectivity index is 1.86. The standard InChI is InChI=1S/C17H20N2O5/c1-23-16(21)12-6-7-13-14(10-12)24-17(22)19(13)11-15(20)18-8-4-2-3-5-9-18/h6-7,10H,2-5,8-9,11H2,1H3. The number of aromatic nitrogens is 1. The quantitative estimate of drug-likeness (QED) is 0.800. The Labute approximate surface area is 138 Å². The van der Waals surface area contributed by atoms with Gasteiger partial charge in [0.1, 0.15) is 6.54 Å². The van der Waals surface area contributed by atoms with Crippen LogP contribution in [0.25, 0.3) is 11.1 Å². The number of carbonyl (C=O) groups is 2. The normalized spacial score (nSPS) is 15.3. The van der Waals surface area contributed by atoms with Crippen LogP contribution in [0.5, 0.6) is 0 Å². The largest absolute Gasteiger partial charge is 0.465 e. The smallest absolute Gasteiger partial charge is 0.420 e. The van der Waals surface area contributed by atoms with E-state index in [1.165, 1.54) is 17.7 Å². The minimum Gasteiger partial charge on any atom is -0.465 e. The van der Waals surface area contributed by atoms with Crippen molar-refractivity contribution in [1.29, 1.82) is 0 Å². The molecular formula is C17H20N2O5. The minimum atomic E-state index is -0.602. The fourth-order valence-corrected chi connectivity index (χ4v) is 3.02. The molecule has 2 heterocycles. The number of likely N-dealkylation sites (tertiary alicyclic amines) is 1. The average molecular weight is 332 g/mol. The number of rotatable bonds is 3. The predicted octanol–water partition coefficient (Wildman–Crippen LogP) is 1.78. The summed E-state index contributed by atoms with van der Waals surface area (Å²) in [5.41, 5.74) is 1.06. The van der Waals surface area contributed by atoms with E-state index in [0.717, 1.165) is 38.8 Å². The van der Waals surface area contributed by atoms with Gasteiger partial charge in [-0.2, -0.15) is 0 Å². The summed E-state index contributed by atoms with van der Waals surface area (Å²) in [7, 11) is 1.29. The van der Waals surface area contributed by atoms with E-state index >= 15 is 0 Å². The first-order valence-electron chi connectivity index (χ1n) is 8.09. The van der Waals surface area contributed by atoms with Crippen LogP contribution in [-0.2, 0) is 16.1 Å². The number of nitrogens with zero attached hydrogens (tertiary/aromatic N) is 2. The van der Waals surface area contributed by atoms with Crippen LogP contribution >= 0.6 is 0 Å². The molecule has 0 unspecified atom stereocenters. The van der Waals surface area contributed by atoms with Crippen molar-refractivity contribution in [3.8, 4) is 0 Å². The molecule has 0 bridgehead atoms. The summed E-state index contributed by atoms with van der Waals surface area (Å²) in [4.78, 5) is 37.9. The van der Waals surface area contributed by atoms with Crippen molar-refractivity contribution < 1.29 is 18.7 Å². The summed E-state index contributed by atoms with van der Waals surface area (Å²) in [6, 6.07) is 4.60. The van der Waals surface area contributed by atoms with Crippen LogP contribution in [0, 0.1) is 0 Å². The molecule has 24 heavy (non-hydrogen) atoms. The van der Waals surface area contributed by atoms with Gasteiger partial charge in [-0.25, -0.2) is 9.59 Å². The summed E-state index contributed by atoms with van der Waals surface area (Å²) in [6.45, 7) is 1.41. The molecule has 1 amide bonds. The molecule has 0 aliphatic carbocycles. The highest BCUT2D eigenvalue weighted by molar-refractivity contribution is 5.93. The lowest BCUT2D eigenvalue weighted by Crippen LogP contribution is -2.36. The highest BCUT2D eigenvalue weighted by Gasteiger charge is 2.19. The van der Waals surface area contributed by atoms with Crippen molar-refractivity contribution in [2.24, 2.45) is 0 Å². The first-order chi connectivity index (χ1) is 11.6. The second kappa shape index (κ2) is 6.90. The predicted molar refractivity (Wildman–Crippen MR) is 86.9 cm³/mol. The first-order valence-corrected chi connectivity index (χ1v) is 8.09. The topological polar surface area (TPSA) is 81.7 Å². The molecule has 1 aliphatic heterocycles.